The molecule has 0 radical (unpaired) electrons. The number of benzene rings is 2. The molecule has 3 aromatic rings. The molecule has 1 unspecified atom stereocenters. The van der Waals surface area contributed by atoms with Gasteiger partial charge in [0.25, 0.3) is 0 Å². The number of hydrogen-bond donors (Lipinski definition) is 1. The minimum Gasteiger partial charge on any atom is -0.497 e. The standard InChI is InChI=1S/C20H23N3O3/c1-14(20(24)25)12-22(2)13-19-21-17-6-4-5-7-18(17)23(19)15-8-10-16(26-3)11-9-15/h4-11,14H,12-13H2,1-3H3,(H,24,25). The van der Waals surface area contributed by atoms with Crippen LogP contribution in [0.4, 0.5) is 0 Å². The van der Waals surface area contributed by atoms with Crippen LogP contribution in [0.2, 0.25) is 0 Å². The number of fused-ring (bicyclic) bond motifs is 1. The minimum atomic E-state index is -0.791. The highest BCUT2D eigenvalue weighted by molar-refractivity contribution is 5.78. The maximum absolute atomic E-state index is 11.1. The van der Waals surface area contributed by atoms with Gasteiger partial charge in [0.15, 0.2) is 0 Å². The third-order valence-electron chi connectivity index (χ3n) is 4.38. The van der Waals surface area contributed by atoms with Gasteiger partial charge < -0.3 is 9.84 Å². The van der Waals surface area contributed by atoms with E-state index in [0.29, 0.717) is 13.1 Å². The first-order valence-electron chi connectivity index (χ1n) is 8.51. The van der Waals surface area contributed by atoms with Gasteiger partial charge in [-0.25, -0.2) is 4.98 Å². The second-order valence-electron chi connectivity index (χ2n) is 6.49. The Hall–Kier alpha value is -2.86. The van der Waals surface area contributed by atoms with Crippen LogP contribution < -0.4 is 4.74 Å². The summed E-state index contributed by atoms with van der Waals surface area (Å²) in [7, 11) is 3.56. The second kappa shape index (κ2) is 7.58. The minimum absolute atomic E-state index is 0.432. The second-order valence-corrected chi connectivity index (χ2v) is 6.49. The molecule has 2 aromatic carbocycles. The van der Waals surface area contributed by atoms with Crippen molar-refractivity contribution in [2.24, 2.45) is 5.92 Å². The molecule has 1 atom stereocenters. The number of aliphatic carboxylic acids is 1. The fraction of sp³-hybridized carbons (Fsp3) is 0.300. The summed E-state index contributed by atoms with van der Waals surface area (Å²) in [5, 5.41) is 9.13. The van der Waals surface area contributed by atoms with E-state index in [-0.39, 0.29) is 0 Å². The molecule has 26 heavy (non-hydrogen) atoms. The number of ether oxygens (including phenoxy) is 1. The van der Waals surface area contributed by atoms with Gasteiger partial charge in [-0.05, 0) is 43.4 Å². The number of hydrogen-bond acceptors (Lipinski definition) is 4. The Bertz CT molecular complexity index is 902. The first-order chi connectivity index (χ1) is 12.5. The fourth-order valence-corrected chi connectivity index (χ4v) is 3.05. The van der Waals surface area contributed by atoms with Crippen molar-refractivity contribution in [1.82, 2.24) is 14.5 Å². The molecule has 0 spiro atoms. The molecule has 0 aliphatic heterocycles. The molecule has 1 heterocycles. The normalized spacial score (nSPS) is 12.5. The van der Waals surface area contributed by atoms with Gasteiger partial charge in [-0.3, -0.25) is 14.3 Å². The number of carboxylic acid groups (broad SMARTS) is 1. The van der Waals surface area contributed by atoms with Crippen LogP contribution in [0.5, 0.6) is 5.75 Å². The number of aromatic nitrogens is 2. The van der Waals surface area contributed by atoms with Gasteiger partial charge >= 0.3 is 5.97 Å². The zero-order valence-electron chi connectivity index (χ0n) is 15.2. The molecule has 0 fully saturated rings. The molecule has 1 aromatic heterocycles. The van der Waals surface area contributed by atoms with Crippen molar-refractivity contribution in [3.05, 3.63) is 54.4 Å². The van der Waals surface area contributed by atoms with Crippen LogP contribution in [0, 0.1) is 5.92 Å². The van der Waals surface area contributed by atoms with E-state index in [1.165, 1.54) is 0 Å². The predicted molar refractivity (Wildman–Crippen MR) is 101 cm³/mol. The fourth-order valence-electron chi connectivity index (χ4n) is 3.05. The summed E-state index contributed by atoms with van der Waals surface area (Å²) in [6, 6.07) is 15.8. The van der Waals surface area contributed by atoms with Crippen molar-refractivity contribution in [2.45, 2.75) is 13.5 Å². The van der Waals surface area contributed by atoms with Crippen molar-refractivity contribution in [3.8, 4) is 11.4 Å². The molecule has 0 aliphatic carbocycles. The molecule has 6 nitrogen and oxygen atoms in total. The van der Waals surface area contributed by atoms with Gasteiger partial charge in [-0.15, -0.1) is 0 Å². The van der Waals surface area contributed by atoms with Gasteiger partial charge in [0.05, 0.1) is 30.6 Å². The topological polar surface area (TPSA) is 67.6 Å². The highest BCUT2D eigenvalue weighted by atomic mass is 16.5. The molecule has 0 aliphatic rings. The maximum atomic E-state index is 11.1. The Kier molecular flexibility index (Phi) is 5.23. The van der Waals surface area contributed by atoms with Crippen LogP contribution in [0.25, 0.3) is 16.7 Å². The SMILES string of the molecule is COc1ccc(-n2c(CN(C)CC(C)C(=O)O)nc3ccccc32)cc1. The van der Waals surface area contributed by atoms with E-state index >= 15 is 0 Å². The van der Waals surface area contributed by atoms with Crippen LogP contribution >= 0.6 is 0 Å². The van der Waals surface area contributed by atoms with Gasteiger partial charge in [-0.2, -0.15) is 0 Å². The third kappa shape index (κ3) is 3.70. The summed E-state index contributed by atoms with van der Waals surface area (Å²) in [5.74, 6) is 0.447. The number of imidazole rings is 1. The monoisotopic (exact) mass is 353 g/mol. The smallest absolute Gasteiger partial charge is 0.307 e. The Morgan fingerprint density at radius 2 is 1.92 bits per heavy atom. The van der Waals surface area contributed by atoms with E-state index in [9.17, 15) is 4.79 Å². The van der Waals surface area contributed by atoms with Crippen molar-refractivity contribution >= 4 is 17.0 Å². The molecule has 0 saturated carbocycles. The summed E-state index contributed by atoms with van der Waals surface area (Å²) >= 11 is 0. The summed E-state index contributed by atoms with van der Waals surface area (Å²) in [6.45, 7) is 2.73. The largest absolute Gasteiger partial charge is 0.497 e. The summed E-state index contributed by atoms with van der Waals surface area (Å²) in [6.07, 6.45) is 0. The average molecular weight is 353 g/mol. The lowest BCUT2D eigenvalue weighted by Gasteiger charge is -2.19. The van der Waals surface area contributed by atoms with E-state index in [4.69, 9.17) is 14.8 Å². The average Bonchev–Trinajstić information content (AvgIpc) is 2.99. The van der Waals surface area contributed by atoms with E-state index in [2.05, 4.69) is 4.57 Å². The molecule has 3 rings (SSSR count). The molecule has 0 bridgehead atoms. The van der Waals surface area contributed by atoms with Crippen molar-refractivity contribution in [2.75, 3.05) is 20.7 Å². The molecular formula is C20H23N3O3. The Morgan fingerprint density at radius 3 is 2.58 bits per heavy atom. The zero-order valence-corrected chi connectivity index (χ0v) is 15.2. The van der Waals surface area contributed by atoms with E-state index in [1.807, 2.05) is 60.5 Å². The maximum Gasteiger partial charge on any atom is 0.307 e. The lowest BCUT2D eigenvalue weighted by Crippen LogP contribution is -2.29. The molecule has 0 amide bonds. The Balaban J connectivity index is 1.97. The summed E-state index contributed by atoms with van der Waals surface area (Å²) < 4.78 is 7.35. The van der Waals surface area contributed by atoms with E-state index < -0.39 is 11.9 Å². The van der Waals surface area contributed by atoms with Gasteiger partial charge in [0.2, 0.25) is 0 Å². The van der Waals surface area contributed by atoms with Crippen LogP contribution in [0.15, 0.2) is 48.5 Å². The van der Waals surface area contributed by atoms with Crippen molar-refractivity contribution < 1.29 is 14.6 Å². The molecular weight excluding hydrogens is 330 g/mol. The van der Waals surface area contributed by atoms with Crippen LogP contribution in [0.1, 0.15) is 12.7 Å². The molecule has 6 heteroatoms. The number of rotatable bonds is 7. The lowest BCUT2D eigenvalue weighted by atomic mass is 10.2. The highest BCUT2D eigenvalue weighted by Gasteiger charge is 2.17. The summed E-state index contributed by atoms with van der Waals surface area (Å²) in [5.41, 5.74) is 2.93. The third-order valence-corrected chi connectivity index (χ3v) is 4.38. The van der Waals surface area contributed by atoms with Crippen molar-refractivity contribution in [3.63, 3.8) is 0 Å². The molecule has 136 valence electrons. The first-order valence-corrected chi connectivity index (χ1v) is 8.51. The van der Waals surface area contributed by atoms with Gasteiger partial charge in [-0.1, -0.05) is 19.1 Å². The van der Waals surface area contributed by atoms with Crippen molar-refractivity contribution in [1.29, 1.82) is 0 Å². The Labute approximate surface area is 152 Å². The van der Waals surface area contributed by atoms with E-state index in [1.54, 1.807) is 14.0 Å². The zero-order chi connectivity index (χ0) is 18.7. The van der Waals surface area contributed by atoms with Crippen LogP contribution in [-0.4, -0.2) is 46.2 Å². The number of methoxy groups -OCH3 is 1. The van der Waals surface area contributed by atoms with Gasteiger partial charge in [0.1, 0.15) is 11.6 Å². The Morgan fingerprint density at radius 1 is 1.23 bits per heavy atom. The number of carbonyl (C=O) groups is 1. The number of para-hydroxylation sites is 2. The molecule has 1 N–H and O–H groups in total. The quantitative estimate of drug-likeness (QED) is 0.706. The number of nitrogens with zero attached hydrogens (tertiary/aromatic N) is 3. The highest BCUT2D eigenvalue weighted by Crippen LogP contribution is 2.24. The lowest BCUT2D eigenvalue weighted by molar-refractivity contribution is -0.141. The van der Waals surface area contributed by atoms with Crippen LogP contribution in [0.3, 0.4) is 0 Å². The first kappa shape index (κ1) is 17.9. The molecule has 0 saturated heterocycles. The number of carboxylic acids is 1. The predicted octanol–water partition coefficient (Wildman–Crippen LogP) is 3.19. The van der Waals surface area contributed by atoms with Gasteiger partial charge in [0, 0.05) is 12.2 Å². The summed E-state index contributed by atoms with van der Waals surface area (Å²) in [4.78, 5) is 17.9. The van der Waals surface area contributed by atoms with E-state index in [0.717, 1.165) is 28.3 Å². The van der Waals surface area contributed by atoms with Crippen LogP contribution in [-0.2, 0) is 11.3 Å².